The molecule has 1 aliphatic carbocycles. The van der Waals surface area contributed by atoms with Crippen LogP contribution in [0.15, 0.2) is 30.7 Å². The fourth-order valence-electron chi connectivity index (χ4n) is 3.99. The Balaban J connectivity index is 1.45. The summed E-state index contributed by atoms with van der Waals surface area (Å²) in [6.07, 6.45) is 10.1. The molecule has 2 aliphatic rings. The Morgan fingerprint density at radius 3 is 3.08 bits per heavy atom. The number of H-pyrrole nitrogens is 1. The topological polar surface area (TPSA) is 73.9 Å². The largest absolute Gasteiger partial charge is 0.356 e. The third-order valence-corrected chi connectivity index (χ3v) is 5.64. The molecule has 1 amide bonds. The summed E-state index contributed by atoms with van der Waals surface area (Å²) in [6, 6.07) is 4.06. The Labute approximate surface area is 152 Å². The number of carbonyl (C=O) groups is 1. The van der Waals surface area contributed by atoms with Crippen LogP contribution < -0.4 is 10.2 Å². The molecule has 3 aromatic heterocycles. The molecule has 134 valence electrons. The smallest absolute Gasteiger partial charge is 0.224 e. The van der Waals surface area contributed by atoms with Gasteiger partial charge in [0, 0.05) is 54.4 Å². The molecule has 1 atom stereocenters. The van der Waals surface area contributed by atoms with Gasteiger partial charge in [-0.05, 0) is 43.7 Å². The molecular weight excluding hydrogens is 326 g/mol. The summed E-state index contributed by atoms with van der Waals surface area (Å²) in [5.74, 6) is 1.93. The van der Waals surface area contributed by atoms with E-state index >= 15 is 0 Å². The molecule has 0 aromatic carbocycles. The summed E-state index contributed by atoms with van der Waals surface area (Å²) in [5, 5.41) is 6.45. The van der Waals surface area contributed by atoms with Crippen molar-refractivity contribution in [2.45, 2.75) is 25.7 Å². The predicted molar refractivity (Wildman–Crippen MR) is 102 cm³/mol. The van der Waals surface area contributed by atoms with E-state index in [9.17, 15) is 4.79 Å². The minimum absolute atomic E-state index is 0.0445. The van der Waals surface area contributed by atoms with Gasteiger partial charge >= 0.3 is 0 Å². The van der Waals surface area contributed by atoms with E-state index in [2.05, 4.69) is 26.3 Å². The zero-order chi connectivity index (χ0) is 17.5. The first-order chi connectivity index (χ1) is 12.8. The normalized spacial score (nSPS) is 20.6. The second kappa shape index (κ2) is 6.27. The van der Waals surface area contributed by atoms with E-state index in [-0.39, 0.29) is 11.8 Å². The average molecular weight is 349 g/mol. The van der Waals surface area contributed by atoms with Gasteiger partial charge in [-0.2, -0.15) is 0 Å². The van der Waals surface area contributed by atoms with Crippen molar-refractivity contribution in [1.29, 1.82) is 0 Å². The molecule has 6 nitrogen and oxygen atoms in total. The molecule has 2 N–H and O–H groups in total. The number of nitrogens with zero attached hydrogens (tertiary/aromatic N) is 3. The minimum atomic E-state index is 0.0445. The molecule has 0 spiro atoms. The number of anilines is 1. The molecule has 0 radical (unpaired) electrons. The van der Waals surface area contributed by atoms with E-state index in [0.717, 1.165) is 60.1 Å². The summed E-state index contributed by atoms with van der Waals surface area (Å²) < 4.78 is 0. The number of nitrogens with one attached hydrogen (secondary N) is 2. The van der Waals surface area contributed by atoms with E-state index in [1.54, 1.807) is 0 Å². The third kappa shape index (κ3) is 2.79. The lowest BCUT2D eigenvalue weighted by Gasteiger charge is -2.33. The number of fused-ring (bicyclic) bond motifs is 3. The van der Waals surface area contributed by atoms with E-state index in [1.165, 1.54) is 12.8 Å². The number of carbonyl (C=O) groups excluding carboxylic acids is 1. The van der Waals surface area contributed by atoms with E-state index in [0.29, 0.717) is 5.92 Å². The van der Waals surface area contributed by atoms with Gasteiger partial charge in [0.05, 0.1) is 5.92 Å². The maximum atomic E-state index is 12.6. The quantitative estimate of drug-likeness (QED) is 0.760. The minimum Gasteiger partial charge on any atom is -0.356 e. The Bertz CT molecular complexity index is 961. The van der Waals surface area contributed by atoms with Crippen molar-refractivity contribution in [2.24, 2.45) is 11.8 Å². The predicted octanol–water partition coefficient (Wildman–Crippen LogP) is 2.85. The summed E-state index contributed by atoms with van der Waals surface area (Å²) in [7, 11) is 0. The van der Waals surface area contributed by atoms with Gasteiger partial charge in [0.2, 0.25) is 5.91 Å². The maximum absolute atomic E-state index is 12.6. The maximum Gasteiger partial charge on any atom is 0.224 e. The number of aromatic nitrogens is 3. The van der Waals surface area contributed by atoms with Gasteiger partial charge in [-0.15, -0.1) is 0 Å². The van der Waals surface area contributed by atoms with Gasteiger partial charge < -0.3 is 15.2 Å². The molecule has 2 fully saturated rings. The monoisotopic (exact) mass is 349 g/mol. The number of piperidine rings is 1. The molecule has 1 saturated carbocycles. The standard InChI is InChI=1S/C20H23N5O/c26-20(24-10-13-3-4-13)15-2-1-9-25(12-15)19-17-14(5-7-22-19)11-23-18-16(17)6-8-21-18/h5-8,11,13,15H,1-4,9-10,12H2,(H,21,23)(H,24,26). The molecule has 0 bridgehead atoms. The third-order valence-electron chi connectivity index (χ3n) is 5.64. The number of hydrogen-bond donors (Lipinski definition) is 2. The number of aromatic amines is 1. The lowest BCUT2D eigenvalue weighted by atomic mass is 9.96. The van der Waals surface area contributed by atoms with Crippen molar-refractivity contribution < 1.29 is 4.79 Å². The SMILES string of the molecule is O=C(NCC1CC1)C1CCCN(c2nccc3cnc4[nH]ccc4c23)C1. The number of rotatable bonds is 4. The van der Waals surface area contributed by atoms with Crippen LogP contribution in [0.1, 0.15) is 25.7 Å². The summed E-state index contributed by atoms with van der Waals surface area (Å²) >= 11 is 0. The average Bonchev–Trinajstić information content (AvgIpc) is 3.39. The Hall–Kier alpha value is -2.63. The molecular formula is C20H23N5O. The Kier molecular flexibility index (Phi) is 3.76. The zero-order valence-electron chi connectivity index (χ0n) is 14.7. The van der Waals surface area contributed by atoms with Gasteiger partial charge in [0.1, 0.15) is 11.5 Å². The molecule has 4 heterocycles. The lowest BCUT2D eigenvalue weighted by Crippen LogP contribution is -2.43. The summed E-state index contributed by atoms with van der Waals surface area (Å²) in [4.78, 5) is 27.2. The van der Waals surface area contributed by atoms with Crippen molar-refractivity contribution in [3.8, 4) is 0 Å². The highest BCUT2D eigenvalue weighted by Crippen LogP contribution is 2.33. The van der Waals surface area contributed by atoms with Gasteiger partial charge in [-0.3, -0.25) is 4.79 Å². The van der Waals surface area contributed by atoms with Crippen LogP contribution in [0.25, 0.3) is 21.8 Å². The zero-order valence-corrected chi connectivity index (χ0v) is 14.7. The van der Waals surface area contributed by atoms with Crippen LogP contribution in [0.5, 0.6) is 0 Å². The van der Waals surface area contributed by atoms with Crippen molar-refractivity contribution in [3.05, 3.63) is 30.7 Å². The summed E-state index contributed by atoms with van der Waals surface area (Å²) in [6.45, 7) is 2.51. The Morgan fingerprint density at radius 2 is 2.19 bits per heavy atom. The first kappa shape index (κ1) is 15.6. The van der Waals surface area contributed by atoms with Gasteiger partial charge in [-0.25, -0.2) is 9.97 Å². The molecule has 5 rings (SSSR count). The first-order valence-electron chi connectivity index (χ1n) is 9.53. The van der Waals surface area contributed by atoms with Crippen LogP contribution in [-0.2, 0) is 4.79 Å². The fourth-order valence-corrected chi connectivity index (χ4v) is 3.99. The van der Waals surface area contributed by atoms with Crippen molar-refractivity contribution in [2.75, 3.05) is 24.5 Å². The van der Waals surface area contributed by atoms with Crippen LogP contribution in [0.2, 0.25) is 0 Å². The van der Waals surface area contributed by atoms with Crippen LogP contribution in [0.4, 0.5) is 5.82 Å². The molecule has 6 heteroatoms. The van der Waals surface area contributed by atoms with E-state index < -0.39 is 0 Å². The van der Waals surface area contributed by atoms with Gasteiger partial charge in [0.15, 0.2) is 0 Å². The molecule has 3 aromatic rings. The van der Waals surface area contributed by atoms with Crippen LogP contribution in [-0.4, -0.2) is 40.5 Å². The number of pyridine rings is 2. The van der Waals surface area contributed by atoms with Gasteiger partial charge in [-0.1, -0.05) is 0 Å². The Morgan fingerprint density at radius 1 is 1.27 bits per heavy atom. The molecule has 1 aliphatic heterocycles. The van der Waals surface area contributed by atoms with Crippen LogP contribution in [0, 0.1) is 11.8 Å². The first-order valence-corrected chi connectivity index (χ1v) is 9.53. The molecule has 1 unspecified atom stereocenters. The number of amides is 1. The highest BCUT2D eigenvalue weighted by molar-refractivity contribution is 6.10. The van der Waals surface area contributed by atoms with Gasteiger partial charge in [0.25, 0.3) is 0 Å². The van der Waals surface area contributed by atoms with Crippen LogP contribution >= 0.6 is 0 Å². The van der Waals surface area contributed by atoms with E-state index in [4.69, 9.17) is 4.98 Å². The van der Waals surface area contributed by atoms with Crippen molar-refractivity contribution >= 4 is 33.5 Å². The molecule has 26 heavy (non-hydrogen) atoms. The second-order valence-corrected chi connectivity index (χ2v) is 7.57. The van der Waals surface area contributed by atoms with Crippen molar-refractivity contribution in [3.63, 3.8) is 0 Å². The van der Waals surface area contributed by atoms with Crippen LogP contribution in [0.3, 0.4) is 0 Å². The lowest BCUT2D eigenvalue weighted by molar-refractivity contribution is -0.125. The highest BCUT2D eigenvalue weighted by atomic mass is 16.1. The second-order valence-electron chi connectivity index (χ2n) is 7.57. The fraction of sp³-hybridized carbons (Fsp3) is 0.450. The molecule has 1 saturated heterocycles. The van der Waals surface area contributed by atoms with Crippen molar-refractivity contribution in [1.82, 2.24) is 20.3 Å². The van der Waals surface area contributed by atoms with E-state index in [1.807, 2.05) is 24.7 Å². The number of hydrogen-bond acceptors (Lipinski definition) is 4. The highest BCUT2D eigenvalue weighted by Gasteiger charge is 2.29. The summed E-state index contributed by atoms with van der Waals surface area (Å²) in [5.41, 5.74) is 0.877.